The lowest BCUT2D eigenvalue weighted by Crippen LogP contribution is -2.12. The van der Waals surface area contributed by atoms with Crippen LogP contribution in [0.15, 0.2) is 47.4 Å². The fourth-order valence-corrected chi connectivity index (χ4v) is 4.35. The lowest BCUT2D eigenvalue weighted by atomic mass is 10.0. The fourth-order valence-electron chi connectivity index (χ4n) is 2.86. The number of anilines is 1. The van der Waals surface area contributed by atoms with Gasteiger partial charge in [0.25, 0.3) is 5.91 Å². The second-order valence-corrected chi connectivity index (χ2v) is 7.77. The maximum absolute atomic E-state index is 13.2. The van der Waals surface area contributed by atoms with E-state index in [4.69, 9.17) is 11.6 Å². The second kappa shape index (κ2) is 8.04. The molecule has 1 fully saturated rings. The summed E-state index contributed by atoms with van der Waals surface area (Å²) in [5.41, 5.74) is 1.08. The first-order valence-electron chi connectivity index (χ1n) is 8.15. The number of benzene rings is 2. The normalized spacial score (nSPS) is 15.2. The Morgan fingerprint density at radius 2 is 1.92 bits per heavy atom. The van der Waals surface area contributed by atoms with Gasteiger partial charge in [-0.3, -0.25) is 4.79 Å². The third-order valence-corrected chi connectivity index (χ3v) is 5.75. The zero-order chi connectivity index (χ0) is 16.9. The molecule has 1 amide bonds. The SMILES string of the molecule is O=C(Nc1ccc(F)c(Cl)c1)c1cccc(SC2CCCCC2)c1. The van der Waals surface area contributed by atoms with Crippen molar-refractivity contribution >= 4 is 35.0 Å². The van der Waals surface area contributed by atoms with E-state index in [-0.39, 0.29) is 10.9 Å². The third kappa shape index (κ3) is 4.52. The second-order valence-electron chi connectivity index (χ2n) is 5.99. The van der Waals surface area contributed by atoms with Gasteiger partial charge >= 0.3 is 0 Å². The van der Waals surface area contributed by atoms with Gasteiger partial charge < -0.3 is 5.32 Å². The highest BCUT2D eigenvalue weighted by Gasteiger charge is 2.15. The van der Waals surface area contributed by atoms with Gasteiger partial charge in [0.15, 0.2) is 0 Å². The van der Waals surface area contributed by atoms with Crippen molar-refractivity contribution in [1.29, 1.82) is 0 Å². The van der Waals surface area contributed by atoms with Crippen molar-refractivity contribution < 1.29 is 9.18 Å². The summed E-state index contributed by atoms with van der Waals surface area (Å²) < 4.78 is 13.2. The molecule has 1 aliphatic carbocycles. The molecule has 0 saturated heterocycles. The van der Waals surface area contributed by atoms with E-state index in [2.05, 4.69) is 5.32 Å². The van der Waals surface area contributed by atoms with Crippen LogP contribution in [0, 0.1) is 5.82 Å². The topological polar surface area (TPSA) is 29.1 Å². The van der Waals surface area contributed by atoms with Crippen LogP contribution in [0.3, 0.4) is 0 Å². The minimum absolute atomic E-state index is 0.00518. The molecule has 2 nitrogen and oxygen atoms in total. The van der Waals surface area contributed by atoms with E-state index in [0.717, 1.165) is 4.90 Å². The van der Waals surface area contributed by atoms with Gasteiger partial charge in [0.05, 0.1) is 5.02 Å². The molecule has 2 aromatic carbocycles. The van der Waals surface area contributed by atoms with Crippen LogP contribution in [0.5, 0.6) is 0 Å². The van der Waals surface area contributed by atoms with Crippen LogP contribution in [0.2, 0.25) is 5.02 Å². The van der Waals surface area contributed by atoms with Crippen LogP contribution in [0.4, 0.5) is 10.1 Å². The summed E-state index contributed by atoms with van der Waals surface area (Å²) in [4.78, 5) is 13.5. The van der Waals surface area contributed by atoms with Gasteiger partial charge in [-0.05, 0) is 49.2 Å². The Balaban J connectivity index is 1.68. The molecule has 0 heterocycles. The van der Waals surface area contributed by atoms with Crippen LogP contribution >= 0.6 is 23.4 Å². The van der Waals surface area contributed by atoms with Crippen LogP contribution in [-0.2, 0) is 0 Å². The van der Waals surface area contributed by atoms with E-state index >= 15 is 0 Å². The summed E-state index contributed by atoms with van der Waals surface area (Å²) in [5, 5.41) is 3.40. The number of hydrogen-bond donors (Lipinski definition) is 1. The zero-order valence-electron chi connectivity index (χ0n) is 13.2. The zero-order valence-corrected chi connectivity index (χ0v) is 14.8. The minimum Gasteiger partial charge on any atom is -0.322 e. The number of carbonyl (C=O) groups excluding carboxylic acids is 1. The average Bonchev–Trinajstić information content (AvgIpc) is 2.59. The van der Waals surface area contributed by atoms with Crippen molar-refractivity contribution in [1.82, 2.24) is 0 Å². The first-order valence-corrected chi connectivity index (χ1v) is 9.41. The summed E-state index contributed by atoms with van der Waals surface area (Å²) in [7, 11) is 0. The Hall–Kier alpha value is -1.52. The van der Waals surface area contributed by atoms with Crippen LogP contribution < -0.4 is 5.32 Å². The molecule has 1 N–H and O–H groups in total. The van der Waals surface area contributed by atoms with Gasteiger partial charge in [-0.2, -0.15) is 0 Å². The molecule has 0 unspecified atom stereocenters. The molecule has 0 aromatic heterocycles. The molecule has 3 rings (SSSR count). The molecule has 1 aliphatic rings. The van der Waals surface area contributed by atoms with Crippen molar-refractivity contribution in [3.05, 3.63) is 58.9 Å². The Bertz CT molecular complexity index is 731. The van der Waals surface area contributed by atoms with Crippen molar-refractivity contribution in [2.75, 3.05) is 5.32 Å². The highest BCUT2D eigenvalue weighted by atomic mass is 35.5. The van der Waals surface area contributed by atoms with Gasteiger partial charge in [0.1, 0.15) is 5.82 Å². The molecular formula is C19H19ClFNOS. The van der Waals surface area contributed by atoms with E-state index in [1.165, 1.54) is 50.3 Å². The third-order valence-electron chi connectivity index (χ3n) is 4.13. The molecule has 5 heteroatoms. The standard InChI is InChI=1S/C19H19ClFNOS/c20-17-12-14(9-10-18(17)21)22-19(23)13-5-4-8-16(11-13)24-15-6-2-1-3-7-15/h4-5,8-12,15H,1-3,6-7H2,(H,22,23). The van der Waals surface area contributed by atoms with Gasteiger partial charge in [-0.25, -0.2) is 4.39 Å². The molecule has 0 spiro atoms. The van der Waals surface area contributed by atoms with Crippen molar-refractivity contribution in [3.8, 4) is 0 Å². The number of hydrogen-bond acceptors (Lipinski definition) is 2. The molecule has 2 aromatic rings. The fraction of sp³-hybridized carbons (Fsp3) is 0.316. The quantitative estimate of drug-likeness (QED) is 0.705. The van der Waals surface area contributed by atoms with E-state index in [9.17, 15) is 9.18 Å². The van der Waals surface area contributed by atoms with Crippen LogP contribution in [0.25, 0.3) is 0 Å². The first kappa shape index (κ1) is 17.3. The van der Waals surface area contributed by atoms with E-state index < -0.39 is 5.82 Å². The van der Waals surface area contributed by atoms with E-state index in [1.54, 1.807) is 6.07 Å². The lowest BCUT2D eigenvalue weighted by molar-refractivity contribution is 0.102. The molecule has 0 bridgehead atoms. The van der Waals surface area contributed by atoms with Crippen LogP contribution in [0.1, 0.15) is 42.5 Å². The number of nitrogens with one attached hydrogen (secondary N) is 1. The highest BCUT2D eigenvalue weighted by Crippen LogP contribution is 2.33. The maximum Gasteiger partial charge on any atom is 0.255 e. The summed E-state index contributed by atoms with van der Waals surface area (Å²) in [6.07, 6.45) is 6.41. The average molecular weight is 364 g/mol. The highest BCUT2D eigenvalue weighted by molar-refractivity contribution is 8.00. The Morgan fingerprint density at radius 1 is 1.12 bits per heavy atom. The summed E-state index contributed by atoms with van der Waals surface area (Å²) in [6.45, 7) is 0. The van der Waals surface area contributed by atoms with Crippen LogP contribution in [-0.4, -0.2) is 11.2 Å². The van der Waals surface area contributed by atoms with Gasteiger partial charge in [0, 0.05) is 21.4 Å². The largest absolute Gasteiger partial charge is 0.322 e. The van der Waals surface area contributed by atoms with Crippen molar-refractivity contribution in [2.45, 2.75) is 42.2 Å². The molecule has 0 radical (unpaired) electrons. The first-order chi connectivity index (χ1) is 11.6. The smallest absolute Gasteiger partial charge is 0.255 e. The number of amides is 1. The predicted octanol–water partition coefficient (Wildman–Crippen LogP) is 6.16. The Kier molecular flexibility index (Phi) is 5.80. The maximum atomic E-state index is 13.2. The summed E-state index contributed by atoms with van der Waals surface area (Å²) >= 11 is 7.60. The monoisotopic (exact) mass is 363 g/mol. The molecule has 0 atom stereocenters. The molecule has 0 aliphatic heterocycles. The summed E-state index contributed by atoms with van der Waals surface area (Å²) in [5.74, 6) is -0.718. The van der Waals surface area contributed by atoms with Gasteiger partial charge in [-0.15, -0.1) is 11.8 Å². The molecule has 1 saturated carbocycles. The van der Waals surface area contributed by atoms with Gasteiger partial charge in [-0.1, -0.05) is 36.9 Å². The number of carbonyl (C=O) groups is 1. The molecule has 24 heavy (non-hydrogen) atoms. The van der Waals surface area contributed by atoms with Crippen molar-refractivity contribution in [2.24, 2.45) is 0 Å². The molecule has 126 valence electrons. The molecular weight excluding hydrogens is 345 g/mol. The summed E-state index contributed by atoms with van der Waals surface area (Å²) in [6, 6.07) is 11.8. The predicted molar refractivity (Wildman–Crippen MR) is 98.5 cm³/mol. The number of rotatable bonds is 4. The van der Waals surface area contributed by atoms with E-state index in [0.29, 0.717) is 16.5 Å². The number of halogens is 2. The minimum atomic E-state index is -0.499. The number of thioether (sulfide) groups is 1. The van der Waals surface area contributed by atoms with Crippen molar-refractivity contribution in [3.63, 3.8) is 0 Å². The van der Waals surface area contributed by atoms with E-state index in [1.807, 2.05) is 30.0 Å². The lowest BCUT2D eigenvalue weighted by Gasteiger charge is -2.21. The Morgan fingerprint density at radius 3 is 2.67 bits per heavy atom. The Labute approximate surface area is 150 Å². The van der Waals surface area contributed by atoms with Gasteiger partial charge in [0.2, 0.25) is 0 Å².